The summed E-state index contributed by atoms with van der Waals surface area (Å²) in [6.07, 6.45) is 4.38. The molecule has 4 aromatic heterocycles. The maximum atomic E-state index is 13.7. The van der Waals surface area contributed by atoms with E-state index in [0.29, 0.717) is 16.7 Å². The normalized spacial score (nSPS) is 11.7. The molecule has 0 unspecified atom stereocenters. The lowest BCUT2D eigenvalue weighted by Gasteiger charge is -2.11. The molecule has 0 radical (unpaired) electrons. The molecule has 5 rings (SSSR count). The SMILES string of the molecule is COc1ccc(-n2c(=O)n(Cc3nc4nc(Cl)ccc4n3CCC(C)C)c3cnccc32)cc1. The second-order valence-electron chi connectivity index (χ2n) is 8.61. The summed E-state index contributed by atoms with van der Waals surface area (Å²) in [5.74, 6) is 2.01. The van der Waals surface area contributed by atoms with E-state index >= 15 is 0 Å². The highest BCUT2D eigenvalue weighted by Crippen LogP contribution is 2.23. The molecule has 0 saturated carbocycles. The van der Waals surface area contributed by atoms with E-state index in [1.165, 1.54) is 0 Å². The third-order valence-corrected chi connectivity index (χ3v) is 6.16. The number of rotatable bonds is 7. The number of pyridine rings is 2. The number of hydrogen-bond acceptors (Lipinski definition) is 5. The Balaban J connectivity index is 1.65. The van der Waals surface area contributed by atoms with E-state index in [4.69, 9.17) is 21.3 Å². The van der Waals surface area contributed by atoms with E-state index in [-0.39, 0.29) is 12.2 Å². The molecular formula is C25H25ClN6O2. The summed E-state index contributed by atoms with van der Waals surface area (Å²) < 4.78 is 10.8. The van der Waals surface area contributed by atoms with Crippen molar-refractivity contribution in [3.8, 4) is 11.4 Å². The number of fused-ring (bicyclic) bond motifs is 2. The number of ether oxygens (including phenoxy) is 1. The molecule has 0 saturated heterocycles. The van der Waals surface area contributed by atoms with Crippen LogP contribution >= 0.6 is 11.6 Å². The minimum atomic E-state index is -0.165. The molecule has 0 aliphatic rings. The van der Waals surface area contributed by atoms with Crippen molar-refractivity contribution in [3.05, 3.63) is 76.3 Å². The third kappa shape index (κ3) is 3.94. The van der Waals surface area contributed by atoms with E-state index in [0.717, 1.165) is 46.8 Å². The van der Waals surface area contributed by atoms with Crippen molar-refractivity contribution >= 4 is 33.8 Å². The Hall–Kier alpha value is -3.65. The molecule has 8 nitrogen and oxygen atoms in total. The minimum Gasteiger partial charge on any atom is -0.497 e. The Morgan fingerprint density at radius 3 is 2.50 bits per heavy atom. The van der Waals surface area contributed by atoms with Crippen LogP contribution in [0.4, 0.5) is 0 Å². The topological polar surface area (TPSA) is 79.8 Å². The first-order chi connectivity index (χ1) is 16.5. The number of aromatic nitrogens is 6. The first kappa shape index (κ1) is 22.2. The van der Waals surface area contributed by atoms with E-state index in [2.05, 4.69) is 28.4 Å². The summed E-state index contributed by atoms with van der Waals surface area (Å²) in [7, 11) is 1.62. The summed E-state index contributed by atoms with van der Waals surface area (Å²) in [6.45, 7) is 5.44. The zero-order chi connectivity index (χ0) is 23.8. The maximum Gasteiger partial charge on any atom is 0.334 e. The van der Waals surface area contributed by atoms with Gasteiger partial charge in [0.05, 0.1) is 42.1 Å². The van der Waals surface area contributed by atoms with Crippen LogP contribution in [0.2, 0.25) is 5.15 Å². The average Bonchev–Trinajstić information content (AvgIpc) is 3.31. The highest BCUT2D eigenvalue weighted by atomic mass is 35.5. The van der Waals surface area contributed by atoms with Gasteiger partial charge in [-0.15, -0.1) is 0 Å². The summed E-state index contributed by atoms with van der Waals surface area (Å²) in [5.41, 5.74) is 3.58. The van der Waals surface area contributed by atoms with Gasteiger partial charge in [-0.3, -0.25) is 14.1 Å². The second kappa shape index (κ2) is 8.95. The van der Waals surface area contributed by atoms with Crippen LogP contribution in [0.5, 0.6) is 5.75 Å². The molecule has 174 valence electrons. The first-order valence-electron chi connectivity index (χ1n) is 11.2. The van der Waals surface area contributed by atoms with E-state index in [9.17, 15) is 4.79 Å². The molecule has 1 aromatic carbocycles. The Morgan fingerprint density at radius 1 is 0.971 bits per heavy atom. The number of nitrogens with zero attached hydrogens (tertiary/aromatic N) is 6. The summed E-state index contributed by atoms with van der Waals surface area (Å²) >= 11 is 6.13. The lowest BCUT2D eigenvalue weighted by Crippen LogP contribution is -2.25. The minimum absolute atomic E-state index is 0.165. The highest BCUT2D eigenvalue weighted by molar-refractivity contribution is 6.29. The second-order valence-corrected chi connectivity index (χ2v) is 8.99. The van der Waals surface area contributed by atoms with Gasteiger partial charge in [-0.1, -0.05) is 25.4 Å². The lowest BCUT2D eigenvalue weighted by molar-refractivity contribution is 0.414. The van der Waals surface area contributed by atoms with Crippen molar-refractivity contribution in [1.29, 1.82) is 0 Å². The van der Waals surface area contributed by atoms with Crippen LogP contribution in [0.25, 0.3) is 27.9 Å². The molecule has 0 spiro atoms. The van der Waals surface area contributed by atoms with Gasteiger partial charge in [0.2, 0.25) is 0 Å². The Labute approximate surface area is 201 Å². The molecule has 34 heavy (non-hydrogen) atoms. The predicted octanol–water partition coefficient (Wildman–Crippen LogP) is 4.69. The van der Waals surface area contributed by atoms with Gasteiger partial charge >= 0.3 is 5.69 Å². The Bertz CT molecular complexity index is 1530. The highest BCUT2D eigenvalue weighted by Gasteiger charge is 2.19. The van der Waals surface area contributed by atoms with E-state index < -0.39 is 0 Å². The number of imidazole rings is 2. The van der Waals surface area contributed by atoms with Crippen molar-refractivity contribution in [1.82, 2.24) is 28.7 Å². The number of halogens is 1. The van der Waals surface area contributed by atoms with Crippen molar-refractivity contribution in [2.24, 2.45) is 5.92 Å². The monoisotopic (exact) mass is 476 g/mol. The van der Waals surface area contributed by atoms with Gasteiger partial charge in [-0.25, -0.2) is 14.8 Å². The van der Waals surface area contributed by atoms with Crippen LogP contribution in [-0.4, -0.2) is 35.8 Å². The Kier molecular flexibility index (Phi) is 5.83. The molecule has 0 amide bonds. The van der Waals surface area contributed by atoms with Gasteiger partial charge in [0, 0.05) is 12.7 Å². The molecule has 0 aliphatic carbocycles. The van der Waals surface area contributed by atoms with Crippen LogP contribution in [0.1, 0.15) is 26.1 Å². The van der Waals surface area contributed by atoms with Crippen LogP contribution < -0.4 is 10.4 Å². The first-order valence-corrected chi connectivity index (χ1v) is 11.6. The van der Waals surface area contributed by atoms with Crippen LogP contribution in [0.3, 0.4) is 0 Å². The summed E-state index contributed by atoms with van der Waals surface area (Å²) in [5, 5.41) is 0.394. The molecule has 0 atom stereocenters. The van der Waals surface area contributed by atoms with E-state index in [1.807, 2.05) is 36.4 Å². The molecule has 0 N–H and O–H groups in total. The summed E-state index contributed by atoms with van der Waals surface area (Å²) in [4.78, 5) is 27.1. The number of aryl methyl sites for hydroxylation is 1. The average molecular weight is 477 g/mol. The zero-order valence-corrected chi connectivity index (χ0v) is 20.0. The Morgan fingerprint density at radius 2 is 1.76 bits per heavy atom. The molecule has 0 bridgehead atoms. The van der Waals surface area contributed by atoms with Gasteiger partial charge in [0.25, 0.3) is 0 Å². The zero-order valence-electron chi connectivity index (χ0n) is 19.3. The number of methoxy groups -OCH3 is 1. The largest absolute Gasteiger partial charge is 0.497 e. The molecular weight excluding hydrogens is 452 g/mol. The van der Waals surface area contributed by atoms with Crippen molar-refractivity contribution in [2.45, 2.75) is 33.4 Å². The fourth-order valence-corrected chi connectivity index (χ4v) is 4.31. The van der Waals surface area contributed by atoms with Crippen LogP contribution in [-0.2, 0) is 13.1 Å². The van der Waals surface area contributed by atoms with Gasteiger partial charge < -0.3 is 9.30 Å². The van der Waals surface area contributed by atoms with Crippen molar-refractivity contribution in [2.75, 3.05) is 7.11 Å². The molecule has 9 heteroatoms. The smallest absolute Gasteiger partial charge is 0.334 e. The predicted molar refractivity (Wildman–Crippen MR) is 133 cm³/mol. The van der Waals surface area contributed by atoms with Crippen molar-refractivity contribution in [3.63, 3.8) is 0 Å². The van der Waals surface area contributed by atoms with Gasteiger partial charge in [0.15, 0.2) is 5.65 Å². The third-order valence-electron chi connectivity index (χ3n) is 5.95. The summed E-state index contributed by atoms with van der Waals surface area (Å²) in [6, 6.07) is 13.0. The fourth-order valence-electron chi connectivity index (χ4n) is 4.17. The lowest BCUT2D eigenvalue weighted by atomic mass is 10.1. The van der Waals surface area contributed by atoms with Gasteiger partial charge in [0.1, 0.15) is 16.7 Å². The van der Waals surface area contributed by atoms with Crippen molar-refractivity contribution < 1.29 is 4.74 Å². The number of benzene rings is 1. The molecule has 4 heterocycles. The quantitative estimate of drug-likeness (QED) is 0.318. The van der Waals surface area contributed by atoms with Crippen LogP contribution in [0, 0.1) is 5.92 Å². The fraction of sp³-hybridized carbons (Fsp3) is 0.280. The van der Waals surface area contributed by atoms with Crippen LogP contribution in [0.15, 0.2) is 59.7 Å². The van der Waals surface area contributed by atoms with Gasteiger partial charge in [-0.2, -0.15) is 0 Å². The molecule has 0 fully saturated rings. The molecule has 5 aromatic rings. The van der Waals surface area contributed by atoms with Gasteiger partial charge in [-0.05, 0) is 54.8 Å². The standard InChI is InChI=1S/C25H25ClN6O2/c1-16(2)11-13-30-20-8-9-22(26)28-24(20)29-23(30)15-31-21-14-27-12-10-19(21)32(25(31)33)17-4-6-18(34-3)7-5-17/h4-10,12,14,16H,11,13,15H2,1-3H3. The van der Waals surface area contributed by atoms with E-state index in [1.54, 1.807) is 34.7 Å². The number of hydrogen-bond donors (Lipinski definition) is 0. The molecule has 0 aliphatic heterocycles. The maximum absolute atomic E-state index is 13.7.